The molecule has 2 aromatic rings. The number of carbonyl (C=O) groups excluding carboxylic acids is 1. The molecule has 0 aliphatic carbocycles. The van der Waals surface area contributed by atoms with Crippen molar-refractivity contribution >= 4 is 17.3 Å². The van der Waals surface area contributed by atoms with Crippen molar-refractivity contribution in [3.05, 3.63) is 53.9 Å². The first-order valence-corrected chi connectivity index (χ1v) is 9.42. The van der Waals surface area contributed by atoms with Gasteiger partial charge in [-0.1, -0.05) is 13.0 Å². The van der Waals surface area contributed by atoms with Gasteiger partial charge in [-0.3, -0.25) is 9.78 Å². The van der Waals surface area contributed by atoms with E-state index in [1.54, 1.807) is 6.20 Å². The first kappa shape index (κ1) is 18.4. The van der Waals surface area contributed by atoms with Crippen LogP contribution in [0.4, 0.5) is 11.4 Å². The molecule has 1 aromatic heterocycles. The maximum atomic E-state index is 12.2. The minimum absolute atomic E-state index is 0.0428. The van der Waals surface area contributed by atoms with E-state index >= 15 is 0 Å². The molecule has 0 radical (unpaired) electrons. The van der Waals surface area contributed by atoms with Gasteiger partial charge in [0.25, 0.3) is 0 Å². The van der Waals surface area contributed by atoms with E-state index in [4.69, 9.17) is 0 Å². The lowest BCUT2D eigenvalue weighted by Gasteiger charge is -2.35. The van der Waals surface area contributed by atoms with E-state index in [9.17, 15) is 4.79 Å². The van der Waals surface area contributed by atoms with Crippen LogP contribution in [0.25, 0.3) is 0 Å². The highest BCUT2D eigenvalue weighted by Crippen LogP contribution is 2.24. The standard InChI is InChI=1S/C21H28N4O/c1-3-24-11-13-25(14-12-24)19-7-8-20(17(2)15-19)23-21(26)9-6-18-5-4-10-22-16-18/h4-5,7-8,10,15-16H,3,6,9,11-14H2,1-2H3,(H,23,26). The van der Waals surface area contributed by atoms with Gasteiger partial charge in [-0.25, -0.2) is 0 Å². The number of piperazine rings is 1. The van der Waals surface area contributed by atoms with Crippen LogP contribution >= 0.6 is 0 Å². The number of nitrogens with zero attached hydrogens (tertiary/aromatic N) is 3. The number of likely N-dealkylation sites (N-methyl/N-ethyl adjacent to an activating group) is 1. The molecular formula is C21H28N4O. The molecule has 3 rings (SSSR count). The predicted octanol–water partition coefficient (Wildman–Crippen LogP) is 3.10. The van der Waals surface area contributed by atoms with E-state index in [0.29, 0.717) is 12.8 Å². The van der Waals surface area contributed by atoms with Crippen LogP contribution < -0.4 is 10.2 Å². The maximum absolute atomic E-state index is 12.2. The smallest absolute Gasteiger partial charge is 0.224 e. The SMILES string of the molecule is CCN1CCN(c2ccc(NC(=O)CCc3cccnc3)c(C)c2)CC1. The van der Waals surface area contributed by atoms with Crippen LogP contribution in [0.1, 0.15) is 24.5 Å². The number of rotatable bonds is 6. The summed E-state index contributed by atoms with van der Waals surface area (Å²) < 4.78 is 0. The van der Waals surface area contributed by atoms with Gasteiger partial charge in [0.15, 0.2) is 0 Å². The number of nitrogens with one attached hydrogen (secondary N) is 1. The highest BCUT2D eigenvalue weighted by Gasteiger charge is 2.16. The van der Waals surface area contributed by atoms with E-state index in [-0.39, 0.29) is 5.91 Å². The molecule has 0 atom stereocenters. The molecule has 5 heteroatoms. The molecule has 0 saturated carbocycles. The zero-order chi connectivity index (χ0) is 18.4. The molecule has 0 bridgehead atoms. The second kappa shape index (κ2) is 8.81. The van der Waals surface area contributed by atoms with Crippen molar-refractivity contribution in [2.75, 3.05) is 42.9 Å². The Hall–Kier alpha value is -2.40. The highest BCUT2D eigenvalue weighted by molar-refractivity contribution is 5.91. The Kier molecular flexibility index (Phi) is 6.23. The van der Waals surface area contributed by atoms with Gasteiger partial charge in [-0.2, -0.15) is 0 Å². The average Bonchev–Trinajstić information content (AvgIpc) is 2.69. The number of hydrogen-bond acceptors (Lipinski definition) is 4. The summed E-state index contributed by atoms with van der Waals surface area (Å²) in [6.45, 7) is 9.74. The summed E-state index contributed by atoms with van der Waals surface area (Å²) in [6, 6.07) is 10.2. The molecule has 1 aliphatic heterocycles. The van der Waals surface area contributed by atoms with Crippen molar-refractivity contribution in [1.29, 1.82) is 0 Å². The van der Waals surface area contributed by atoms with Crippen LogP contribution in [0.3, 0.4) is 0 Å². The summed E-state index contributed by atoms with van der Waals surface area (Å²) in [4.78, 5) is 21.2. The lowest BCUT2D eigenvalue weighted by atomic mass is 10.1. The Morgan fingerprint density at radius 3 is 2.65 bits per heavy atom. The minimum atomic E-state index is 0.0428. The first-order chi connectivity index (χ1) is 12.7. The monoisotopic (exact) mass is 352 g/mol. The van der Waals surface area contributed by atoms with Crippen molar-refractivity contribution in [3.63, 3.8) is 0 Å². The Morgan fingerprint density at radius 2 is 2.00 bits per heavy atom. The fourth-order valence-electron chi connectivity index (χ4n) is 3.32. The number of amides is 1. The molecule has 1 aromatic carbocycles. The molecule has 0 unspecified atom stereocenters. The molecule has 5 nitrogen and oxygen atoms in total. The molecule has 1 N–H and O–H groups in total. The fourth-order valence-corrected chi connectivity index (χ4v) is 3.32. The van der Waals surface area contributed by atoms with Gasteiger partial charge in [-0.15, -0.1) is 0 Å². The second-order valence-electron chi connectivity index (χ2n) is 6.83. The molecular weight excluding hydrogens is 324 g/mol. The quantitative estimate of drug-likeness (QED) is 0.868. The lowest BCUT2D eigenvalue weighted by molar-refractivity contribution is -0.116. The summed E-state index contributed by atoms with van der Waals surface area (Å²) in [5, 5.41) is 3.04. The molecule has 1 amide bonds. The van der Waals surface area contributed by atoms with Crippen LogP contribution in [0.2, 0.25) is 0 Å². The zero-order valence-electron chi connectivity index (χ0n) is 15.7. The normalized spacial score (nSPS) is 15.1. The number of aryl methyl sites for hydroxylation is 2. The molecule has 0 spiro atoms. The largest absolute Gasteiger partial charge is 0.369 e. The Balaban J connectivity index is 1.55. The fraction of sp³-hybridized carbons (Fsp3) is 0.429. The summed E-state index contributed by atoms with van der Waals surface area (Å²) >= 11 is 0. The summed E-state index contributed by atoms with van der Waals surface area (Å²) in [7, 11) is 0. The third-order valence-corrected chi connectivity index (χ3v) is 5.03. The molecule has 26 heavy (non-hydrogen) atoms. The van der Waals surface area contributed by atoms with Crippen LogP contribution in [0.15, 0.2) is 42.7 Å². The number of aromatic nitrogens is 1. The van der Waals surface area contributed by atoms with Gasteiger partial charge in [0.1, 0.15) is 0 Å². The van der Waals surface area contributed by atoms with E-state index < -0.39 is 0 Å². The summed E-state index contributed by atoms with van der Waals surface area (Å²) in [6.07, 6.45) is 4.73. The summed E-state index contributed by atoms with van der Waals surface area (Å²) in [5.41, 5.74) is 4.33. The van der Waals surface area contributed by atoms with Crippen LogP contribution in [-0.4, -0.2) is 48.5 Å². The first-order valence-electron chi connectivity index (χ1n) is 9.42. The van der Waals surface area contributed by atoms with Gasteiger partial charge < -0.3 is 15.1 Å². The van der Waals surface area contributed by atoms with E-state index in [1.807, 2.05) is 24.4 Å². The van der Waals surface area contributed by atoms with Crippen molar-refractivity contribution in [3.8, 4) is 0 Å². The van der Waals surface area contributed by atoms with Crippen molar-refractivity contribution in [2.45, 2.75) is 26.7 Å². The van der Waals surface area contributed by atoms with Gasteiger partial charge in [-0.05, 0) is 55.3 Å². The topological polar surface area (TPSA) is 48.5 Å². The van der Waals surface area contributed by atoms with Crippen LogP contribution in [0, 0.1) is 6.92 Å². The van der Waals surface area contributed by atoms with E-state index in [0.717, 1.165) is 49.5 Å². The third-order valence-electron chi connectivity index (χ3n) is 5.03. The zero-order valence-corrected chi connectivity index (χ0v) is 15.7. The Labute approximate surface area is 156 Å². The number of benzene rings is 1. The van der Waals surface area contributed by atoms with Crippen molar-refractivity contribution < 1.29 is 4.79 Å². The molecule has 1 aliphatic rings. The number of hydrogen-bond donors (Lipinski definition) is 1. The number of anilines is 2. The second-order valence-corrected chi connectivity index (χ2v) is 6.83. The highest BCUT2D eigenvalue weighted by atomic mass is 16.1. The maximum Gasteiger partial charge on any atom is 0.224 e. The van der Waals surface area contributed by atoms with Crippen molar-refractivity contribution in [2.24, 2.45) is 0 Å². The van der Waals surface area contributed by atoms with Gasteiger partial charge >= 0.3 is 0 Å². The molecule has 138 valence electrons. The predicted molar refractivity (Wildman–Crippen MR) is 107 cm³/mol. The number of carbonyl (C=O) groups is 1. The van der Waals surface area contributed by atoms with Gasteiger partial charge in [0, 0.05) is 56.4 Å². The lowest BCUT2D eigenvalue weighted by Crippen LogP contribution is -2.46. The average molecular weight is 352 g/mol. The molecule has 2 heterocycles. The molecule has 1 fully saturated rings. The molecule has 1 saturated heterocycles. The van der Waals surface area contributed by atoms with Crippen LogP contribution in [0.5, 0.6) is 0 Å². The van der Waals surface area contributed by atoms with Gasteiger partial charge in [0.05, 0.1) is 0 Å². The Bertz CT molecular complexity index is 724. The van der Waals surface area contributed by atoms with Gasteiger partial charge in [0.2, 0.25) is 5.91 Å². The van der Waals surface area contributed by atoms with E-state index in [1.165, 1.54) is 5.69 Å². The minimum Gasteiger partial charge on any atom is -0.369 e. The summed E-state index contributed by atoms with van der Waals surface area (Å²) in [5.74, 6) is 0.0428. The van der Waals surface area contributed by atoms with Crippen LogP contribution in [-0.2, 0) is 11.2 Å². The number of pyridine rings is 1. The Morgan fingerprint density at radius 1 is 1.19 bits per heavy atom. The third kappa shape index (κ3) is 4.82. The van der Waals surface area contributed by atoms with E-state index in [2.05, 4.69) is 46.1 Å². The van der Waals surface area contributed by atoms with Crippen molar-refractivity contribution in [1.82, 2.24) is 9.88 Å².